The molecule has 2 aliphatic rings. The number of rotatable bonds is 7. The van der Waals surface area contributed by atoms with Gasteiger partial charge in [0.25, 0.3) is 0 Å². The van der Waals surface area contributed by atoms with Crippen LogP contribution in [0.5, 0.6) is 0 Å². The molecule has 2 saturated heterocycles. The second-order valence-corrected chi connectivity index (χ2v) is 8.92. The van der Waals surface area contributed by atoms with Crippen molar-refractivity contribution in [2.45, 2.75) is 13.8 Å². The topological polar surface area (TPSA) is 71.1 Å². The fourth-order valence-corrected chi connectivity index (χ4v) is 3.37. The van der Waals surface area contributed by atoms with Gasteiger partial charge < -0.3 is 18.9 Å². The molecule has 0 amide bonds. The van der Waals surface area contributed by atoms with Crippen LogP contribution < -0.4 is 0 Å². The van der Waals surface area contributed by atoms with E-state index in [1.165, 1.54) is 0 Å². The van der Waals surface area contributed by atoms with Crippen molar-refractivity contribution < 1.29 is 28.5 Å². The van der Waals surface area contributed by atoms with Gasteiger partial charge in [0.2, 0.25) is 0 Å². The molecule has 2 fully saturated rings. The van der Waals surface area contributed by atoms with Crippen LogP contribution in [0, 0.1) is 10.8 Å². The van der Waals surface area contributed by atoms with E-state index >= 15 is 0 Å². The quantitative estimate of drug-likeness (QED) is 0.648. The maximum absolute atomic E-state index is 12.5. The van der Waals surface area contributed by atoms with Gasteiger partial charge in [-0.3, -0.25) is 0 Å². The Kier molecular flexibility index (Phi) is 5.62. The Bertz CT molecular complexity index is 865. The summed E-state index contributed by atoms with van der Waals surface area (Å²) in [7, 11) is 0. The summed E-state index contributed by atoms with van der Waals surface area (Å²) in [5.74, 6) is -0.729. The highest BCUT2D eigenvalue weighted by molar-refractivity contribution is 5.93. The lowest BCUT2D eigenvalue weighted by Gasteiger charge is -2.37. The predicted octanol–water partition coefficient (Wildman–Crippen LogP) is 3.74. The van der Waals surface area contributed by atoms with E-state index in [4.69, 9.17) is 18.9 Å². The first-order valence-electron chi connectivity index (χ1n) is 10.1. The first-order valence-corrected chi connectivity index (χ1v) is 10.1. The molecule has 0 aromatic heterocycles. The number of esters is 2. The molecule has 0 aliphatic carbocycles. The predicted molar refractivity (Wildman–Crippen MR) is 110 cm³/mol. The zero-order valence-electron chi connectivity index (χ0n) is 17.3. The highest BCUT2D eigenvalue weighted by Crippen LogP contribution is 2.29. The Morgan fingerprint density at radius 3 is 1.50 bits per heavy atom. The highest BCUT2D eigenvalue weighted by atomic mass is 16.6. The summed E-state index contributed by atoms with van der Waals surface area (Å²) >= 11 is 0. The lowest BCUT2D eigenvalue weighted by Crippen LogP contribution is -2.44. The summed E-state index contributed by atoms with van der Waals surface area (Å²) in [6.45, 7) is 7.16. The van der Waals surface area contributed by atoms with Crippen molar-refractivity contribution in [3.63, 3.8) is 0 Å². The third-order valence-electron chi connectivity index (χ3n) is 5.44. The monoisotopic (exact) mass is 410 g/mol. The van der Waals surface area contributed by atoms with E-state index in [0.29, 0.717) is 50.8 Å². The van der Waals surface area contributed by atoms with Gasteiger partial charge in [0.05, 0.1) is 37.6 Å². The molecule has 0 atom stereocenters. The lowest BCUT2D eigenvalue weighted by molar-refractivity contribution is -0.127. The van der Waals surface area contributed by atoms with Crippen molar-refractivity contribution in [1.29, 1.82) is 0 Å². The van der Waals surface area contributed by atoms with Gasteiger partial charge in [-0.15, -0.1) is 0 Å². The molecule has 0 unspecified atom stereocenters. The van der Waals surface area contributed by atoms with Crippen LogP contribution in [0.3, 0.4) is 0 Å². The zero-order chi connectivity index (χ0) is 21.2. The number of hydrogen-bond acceptors (Lipinski definition) is 6. The van der Waals surface area contributed by atoms with E-state index in [9.17, 15) is 9.59 Å². The molecule has 2 aromatic carbocycles. The van der Waals surface area contributed by atoms with Gasteiger partial charge in [0.15, 0.2) is 0 Å². The van der Waals surface area contributed by atoms with Crippen LogP contribution in [0.25, 0.3) is 11.1 Å². The molecule has 0 saturated carbocycles. The molecule has 30 heavy (non-hydrogen) atoms. The molecule has 2 aromatic rings. The van der Waals surface area contributed by atoms with Crippen LogP contribution in [0.2, 0.25) is 0 Å². The smallest absolute Gasteiger partial charge is 0.338 e. The van der Waals surface area contributed by atoms with Gasteiger partial charge in [-0.1, -0.05) is 38.1 Å². The number of hydrogen-bond donors (Lipinski definition) is 0. The van der Waals surface area contributed by atoms with Crippen molar-refractivity contribution >= 4 is 11.9 Å². The van der Waals surface area contributed by atoms with Crippen molar-refractivity contribution in [3.8, 4) is 11.1 Å². The molecule has 2 aliphatic heterocycles. The first kappa shape index (κ1) is 20.6. The molecule has 0 radical (unpaired) electrons. The normalized spacial score (nSPS) is 18.6. The Morgan fingerprint density at radius 2 is 1.17 bits per heavy atom. The van der Waals surface area contributed by atoms with Crippen LogP contribution in [0.15, 0.2) is 48.5 Å². The zero-order valence-corrected chi connectivity index (χ0v) is 17.3. The molecule has 6 nitrogen and oxygen atoms in total. The number of carbonyl (C=O) groups excluding carboxylic acids is 2. The minimum atomic E-state index is -0.364. The van der Waals surface area contributed by atoms with E-state index in [2.05, 4.69) is 0 Å². The van der Waals surface area contributed by atoms with E-state index in [1.807, 2.05) is 38.1 Å². The molecular formula is C24H26O6. The Morgan fingerprint density at radius 1 is 0.767 bits per heavy atom. The minimum absolute atomic E-state index is 0.0926. The van der Waals surface area contributed by atoms with Gasteiger partial charge in [0, 0.05) is 10.8 Å². The third-order valence-corrected chi connectivity index (χ3v) is 5.44. The third kappa shape index (κ3) is 4.55. The van der Waals surface area contributed by atoms with Gasteiger partial charge in [-0.25, -0.2) is 9.59 Å². The largest absolute Gasteiger partial charge is 0.461 e. The summed E-state index contributed by atoms with van der Waals surface area (Å²) in [5, 5.41) is 0. The summed E-state index contributed by atoms with van der Waals surface area (Å²) in [6.07, 6.45) is 0. The van der Waals surface area contributed by atoms with Crippen LogP contribution in [0.4, 0.5) is 0 Å². The average molecular weight is 410 g/mol. The fourth-order valence-electron chi connectivity index (χ4n) is 3.37. The Balaban J connectivity index is 1.43. The van der Waals surface area contributed by atoms with Crippen molar-refractivity contribution in [2.24, 2.45) is 10.8 Å². The fraction of sp³-hybridized carbons (Fsp3) is 0.417. The molecule has 0 spiro atoms. The van der Waals surface area contributed by atoms with E-state index < -0.39 is 0 Å². The number of ether oxygens (including phenoxy) is 4. The van der Waals surface area contributed by atoms with Gasteiger partial charge in [0.1, 0.15) is 13.2 Å². The first-order chi connectivity index (χ1) is 14.4. The minimum Gasteiger partial charge on any atom is -0.461 e. The molecular weight excluding hydrogens is 384 g/mol. The molecule has 2 heterocycles. The molecule has 0 N–H and O–H groups in total. The molecule has 158 valence electrons. The second-order valence-electron chi connectivity index (χ2n) is 8.92. The summed E-state index contributed by atoms with van der Waals surface area (Å²) in [4.78, 5) is 24.9. The Hall–Kier alpha value is -2.70. The van der Waals surface area contributed by atoms with Crippen LogP contribution in [-0.4, -0.2) is 51.6 Å². The van der Waals surface area contributed by atoms with Gasteiger partial charge in [-0.05, 0) is 35.4 Å². The Labute approximate surface area is 176 Å². The summed E-state index contributed by atoms with van der Waals surface area (Å²) < 4.78 is 21.3. The van der Waals surface area contributed by atoms with Crippen molar-refractivity contribution in [3.05, 3.63) is 59.7 Å². The summed E-state index contributed by atoms with van der Waals surface area (Å²) in [5.41, 5.74) is 2.42. The van der Waals surface area contributed by atoms with Crippen molar-refractivity contribution in [1.82, 2.24) is 0 Å². The average Bonchev–Trinajstić information content (AvgIpc) is 2.73. The summed E-state index contributed by atoms with van der Waals surface area (Å²) in [6, 6.07) is 14.4. The van der Waals surface area contributed by atoms with Gasteiger partial charge in [-0.2, -0.15) is 0 Å². The number of carbonyl (C=O) groups is 2. The van der Waals surface area contributed by atoms with E-state index in [0.717, 1.165) is 11.1 Å². The SMILES string of the molecule is CC1(COC(=O)c2cccc(-c3cccc(C(=O)OCC4(C)COC4)c3)c2)COC1. The number of benzene rings is 2. The second kappa shape index (κ2) is 8.20. The van der Waals surface area contributed by atoms with E-state index in [1.54, 1.807) is 24.3 Å². The van der Waals surface area contributed by atoms with Crippen LogP contribution in [-0.2, 0) is 18.9 Å². The van der Waals surface area contributed by atoms with Crippen molar-refractivity contribution in [2.75, 3.05) is 39.6 Å². The maximum Gasteiger partial charge on any atom is 0.338 e. The molecule has 4 rings (SSSR count). The molecule has 0 bridgehead atoms. The van der Waals surface area contributed by atoms with Crippen LogP contribution in [0.1, 0.15) is 34.6 Å². The van der Waals surface area contributed by atoms with Gasteiger partial charge >= 0.3 is 11.9 Å². The maximum atomic E-state index is 12.5. The highest BCUT2D eigenvalue weighted by Gasteiger charge is 2.35. The molecule has 6 heteroatoms. The lowest BCUT2D eigenvalue weighted by atomic mass is 9.90. The van der Waals surface area contributed by atoms with E-state index in [-0.39, 0.29) is 22.8 Å². The standard InChI is InChI=1S/C24H26O6/c1-23(11-27-12-23)15-29-21(25)19-7-3-5-17(9-19)18-6-4-8-20(10-18)22(26)30-16-24(2)13-28-14-24/h3-10H,11-16H2,1-2H3. The van der Waals surface area contributed by atoms with Crippen LogP contribution >= 0.6 is 0 Å².